The van der Waals surface area contributed by atoms with Gasteiger partial charge in [0, 0.05) is 30.5 Å². The molecular formula is C17H21N3O2S. The van der Waals surface area contributed by atoms with E-state index in [9.17, 15) is 4.79 Å². The molecule has 122 valence electrons. The number of hydrogen-bond acceptors (Lipinski definition) is 4. The van der Waals surface area contributed by atoms with E-state index in [1.54, 1.807) is 17.5 Å². The highest BCUT2D eigenvalue weighted by molar-refractivity contribution is 7.09. The van der Waals surface area contributed by atoms with Crippen LogP contribution in [0, 0.1) is 5.92 Å². The molecule has 2 aromatic rings. The zero-order valence-electron chi connectivity index (χ0n) is 12.9. The van der Waals surface area contributed by atoms with Crippen LogP contribution in [0.5, 0.6) is 0 Å². The summed E-state index contributed by atoms with van der Waals surface area (Å²) in [6.07, 6.45) is 5.48. The van der Waals surface area contributed by atoms with Gasteiger partial charge in [-0.2, -0.15) is 0 Å². The Bertz CT molecular complexity index is 598. The normalized spacial score (nSPS) is 16.7. The van der Waals surface area contributed by atoms with Crippen LogP contribution in [-0.4, -0.2) is 24.2 Å². The van der Waals surface area contributed by atoms with Gasteiger partial charge in [-0.3, -0.25) is 4.98 Å². The van der Waals surface area contributed by atoms with E-state index in [0.29, 0.717) is 12.5 Å². The molecule has 0 saturated carbocycles. The number of nitrogens with zero attached hydrogens (tertiary/aromatic N) is 1. The summed E-state index contributed by atoms with van der Waals surface area (Å²) < 4.78 is 5.44. The Labute approximate surface area is 140 Å². The van der Waals surface area contributed by atoms with E-state index >= 15 is 0 Å². The molecule has 1 atom stereocenters. The molecular weight excluding hydrogens is 310 g/mol. The summed E-state index contributed by atoms with van der Waals surface area (Å²) >= 11 is 1.64. The third-order valence-corrected chi connectivity index (χ3v) is 4.95. The first-order valence-corrected chi connectivity index (χ1v) is 8.75. The lowest BCUT2D eigenvalue weighted by molar-refractivity contribution is 0.0547. The first-order chi connectivity index (χ1) is 11.3. The summed E-state index contributed by atoms with van der Waals surface area (Å²) in [5.74, 6) is 0.375. The van der Waals surface area contributed by atoms with Crippen LogP contribution in [-0.2, 0) is 11.3 Å². The predicted octanol–water partition coefficient (Wildman–Crippen LogP) is 3.11. The van der Waals surface area contributed by atoms with Gasteiger partial charge in [-0.15, -0.1) is 11.3 Å². The van der Waals surface area contributed by atoms with Crippen LogP contribution in [0.3, 0.4) is 0 Å². The van der Waals surface area contributed by atoms with Crippen LogP contribution in [0.1, 0.15) is 29.3 Å². The van der Waals surface area contributed by atoms with Gasteiger partial charge < -0.3 is 15.4 Å². The maximum absolute atomic E-state index is 12.3. The molecule has 0 spiro atoms. The fourth-order valence-electron chi connectivity index (χ4n) is 2.86. The second-order valence-corrected chi connectivity index (χ2v) is 6.65. The van der Waals surface area contributed by atoms with Crippen molar-refractivity contribution in [2.24, 2.45) is 5.92 Å². The van der Waals surface area contributed by atoms with Crippen molar-refractivity contribution >= 4 is 17.4 Å². The van der Waals surface area contributed by atoms with Crippen molar-refractivity contribution in [1.29, 1.82) is 0 Å². The number of thiophene rings is 1. The SMILES string of the molecule is O=C(NCc1cccs1)N[C@@H](c1cccnc1)C1CCOCC1. The third-order valence-electron chi connectivity index (χ3n) is 4.07. The predicted molar refractivity (Wildman–Crippen MR) is 90.2 cm³/mol. The molecule has 1 aliphatic heterocycles. The monoisotopic (exact) mass is 331 g/mol. The Hall–Kier alpha value is -1.92. The van der Waals surface area contributed by atoms with Gasteiger partial charge in [0.15, 0.2) is 0 Å². The van der Waals surface area contributed by atoms with Crippen molar-refractivity contribution < 1.29 is 9.53 Å². The number of nitrogens with one attached hydrogen (secondary N) is 2. The number of pyridine rings is 1. The summed E-state index contributed by atoms with van der Waals surface area (Å²) in [5.41, 5.74) is 1.05. The van der Waals surface area contributed by atoms with Crippen LogP contribution < -0.4 is 10.6 Å². The fraction of sp³-hybridized carbons (Fsp3) is 0.412. The molecule has 1 saturated heterocycles. The summed E-state index contributed by atoms with van der Waals surface area (Å²) in [5, 5.41) is 8.07. The van der Waals surface area contributed by atoms with Gasteiger partial charge in [0.1, 0.15) is 0 Å². The molecule has 0 bridgehead atoms. The molecule has 2 N–H and O–H groups in total. The molecule has 2 aromatic heterocycles. The molecule has 0 aliphatic carbocycles. The van der Waals surface area contributed by atoms with Gasteiger partial charge in [-0.1, -0.05) is 12.1 Å². The van der Waals surface area contributed by atoms with E-state index in [-0.39, 0.29) is 12.1 Å². The van der Waals surface area contributed by atoms with Gasteiger partial charge in [-0.25, -0.2) is 4.79 Å². The average molecular weight is 331 g/mol. The maximum atomic E-state index is 12.3. The third kappa shape index (κ3) is 4.53. The minimum Gasteiger partial charge on any atom is -0.381 e. The Morgan fingerprint density at radius 1 is 1.35 bits per heavy atom. The van der Waals surface area contributed by atoms with Crippen LogP contribution in [0.4, 0.5) is 4.79 Å². The number of ether oxygens (including phenoxy) is 1. The van der Waals surface area contributed by atoms with Crippen molar-refractivity contribution in [3.8, 4) is 0 Å². The van der Waals surface area contributed by atoms with E-state index in [0.717, 1.165) is 36.5 Å². The van der Waals surface area contributed by atoms with E-state index in [1.807, 2.05) is 35.8 Å². The zero-order valence-corrected chi connectivity index (χ0v) is 13.7. The van der Waals surface area contributed by atoms with Crippen molar-refractivity contribution in [3.05, 3.63) is 52.5 Å². The molecule has 6 heteroatoms. The van der Waals surface area contributed by atoms with Crippen molar-refractivity contribution in [2.75, 3.05) is 13.2 Å². The van der Waals surface area contributed by atoms with Crippen LogP contribution in [0.2, 0.25) is 0 Å². The largest absolute Gasteiger partial charge is 0.381 e. The molecule has 3 rings (SSSR count). The number of rotatable bonds is 5. The second kappa shape index (κ2) is 8.08. The topological polar surface area (TPSA) is 63.2 Å². The summed E-state index contributed by atoms with van der Waals surface area (Å²) in [6, 6.07) is 7.76. The Kier molecular flexibility index (Phi) is 5.60. The highest BCUT2D eigenvalue weighted by Gasteiger charge is 2.27. The molecule has 3 heterocycles. The van der Waals surface area contributed by atoms with Gasteiger partial charge >= 0.3 is 6.03 Å². The number of aromatic nitrogens is 1. The molecule has 0 unspecified atom stereocenters. The van der Waals surface area contributed by atoms with Crippen LogP contribution >= 0.6 is 11.3 Å². The van der Waals surface area contributed by atoms with E-state index in [1.165, 1.54) is 0 Å². The zero-order chi connectivity index (χ0) is 15.9. The first-order valence-electron chi connectivity index (χ1n) is 7.87. The van der Waals surface area contributed by atoms with Crippen LogP contribution in [0.15, 0.2) is 42.0 Å². The smallest absolute Gasteiger partial charge is 0.315 e. The average Bonchev–Trinajstić information content (AvgIpc) is 3.13. The number of carbonyl (C=O) groups is 1. The summed E-state index contributed by atoms with van der Waals surface area (Å²) in [4.78, 5) is 17.6. The van der Waals surface area contributed by atoms with Gasteiger partial charge in [0.2, 0.25) is 0 Å². The Morgan fingerprint density at radius 3 is 2.91 bits per heavy atom. The second-order valence-electron chi connectivity index (χ2n) is 5.62. The van der Waals surface area contributed by atoms with E-state index in [2.05, 4.69) is 15.6 Å². The van der Waals surface area contributed by atoms with E-state index in [4.69, 9.17) is 4.74 Å². The Balaban J connectivity index is 1.64. The highest BCUT2D eigenvalue weighted by Crippen LogP contribution is 2.29. The molecule has 5 nitrogen and oxygen atoms in total. The number of urea groups is 1. The first kappa shape index (κ1) is 16.0. The Morgan fingerprint density at radius 2 is 2.22 bits per heavy atom. The molecule has 1 fully saturated rings. The lowest BCUT2D eigenvalue weighted by atomic mass is 9.88. The number of amides is 2. The van der Waals surface area contributed by atoms with Gasteiger partial charge in [-0.05, 0) is 41.8 Å². The quantitative estimate of drug-likeness (QED) is 0.885. The lowest BCUT2D eigenvalue weighted by Gasteiger charge is -2.31. The minimum absolute atomic E-state index is 0.0315. The van der Waals surface area contributed by atoms with Crippen molar-refractivity contribution in [2.45, 2.75) is 25.4 Å². The van der Waals surface area contributed by atoms with Crippen LogP contribution in [0.25, 0.3) is 0 Å². The standard InChI is InChI=1S/C17H21N3O2S/c21-17(19-12-15-4-2-10-23-15)20-16(13-5-8-22-9-6-13)14-3-1-7-18-11-14/h1-4,7,10-11,13,16H,5-6,8-9,12H2,(H2,19,20,21)/t16-/m1/s1. The summed E-state index contributed by atoms with van der Waals surface area (Å²) in [6.45, 7) is 2.05. The van der Waals surface area contributed by atoms with Crippen molar-refractivity contribution in [1.82, 2.24) is 15.6 Å². The summed E-state index contributed by atoms with van der Waals surface area (Å²) in [7, 11) is 0. The number of hydrogen-bond donors (Lipinski definition) is 2. The van der Waals surface area contributed by atoms with Gasteiger partial charge in [0.05, 0.1) is 12.6 Å². The fourth-order valence-corrected chi connectivity index (χ4v) is 3.50. The van der Waals surface area contributed by atoms with E-state index < -0.39 is 0 Å². The minimum atomic E-state index is -0.140. The highest BCUT2D eigenvalue weighted by atomic mass is 32.1. The molecule has 23 heavy (non-hydrogen) atoms. The molecule has 2 amide bonds. The lowest BCUT2D eigenvalue weighted by Crippen LogP contribution is -2.41. The van der Waals surface area contributed by atoms with Crippen molar-refractivity contribution in [3.63, 3.8) is 0 Å². The molecule has 1 aliphatic rings. The van der Waals surface area contributed by atoms with Gasteiger partial charge in [0.25, 0.3) is 0 Å². The maximum Gasteiger partial charge on any atom is 0.315 e. The number of carbonyl (C=O) groups excluding carboxylic acids is 1. The molecule has 0 radical (unpaired) electrons. The molecule has 0 aromatic carbocycles.